The maximum absolute atomic E-state index is 12.2. The lowest BCUT2D eigenvalue weighted by atomic mass is 9.79. The molecule has 2 aliphatic heterocycles. The van der Waals surface area contributed by atoms with Crippen LogP contribution in [0.3, 0.4) is 0 Å². The van der Waals surface area contributed by atoms with Crippen LogP contribution >= 0.6 is 0 Å². The highest BCUT2D eigenvalue weighted by Gasteiger charge is 2.32. The lowest BCUT2D eigenvalue weighted by Crippen LogP contribution is -2.44. The van der Waals surface area contributed by atoms with Crippen LogP contribution in [0.4, 0.5) is 10.5 Å². The number of rotatable bonds is 2. The normalized spacial score (nSPS) is 18.5. The second-order valence-electron chi connectivity index (χ2n) is 8.79. The summed E-state index contributed by atoms with van der Waals surface area (Å²) in [4.78, 5) is 16.5. The summed E-state index contributed by atoms with van der Waals surface area (Å²) in [7, 11) is 0. The van der Waals surface area contributed by atoms with E-state index >= 15 is 0 Å². The van der Waals surface area contributed by atoms with Crippen LogP contribution in [0.1, 0.15) is 65.9 Å². The highest BCUT2D eigenvalue weighted by molar-refractivity contribution is 5.68. The van der Waals surface area contributed by atoms with Gasteiger partial charge < -0.3 is 14.5 Å². The van der Waals surface area contributed by atoms with Gasteiger partial charge in [-0.1, -0.05) is 13.8 Å². The summed E-state index contributed by atoms with van der Waals surface area (Å²) in [6.45, 7) is 13.5. The smallest absolute Gasteiger partial charge is 0.410 e. The maximum atomic E-state index is 12.2. The van der Waals surface area contributed by atoms with Crippen molar-refractivity contribution < 1.29 is 9.53 Å². The van der Waals surface area contributed by atoms with Crippen molar-refractivity contribution in [2.24, 2.45) is 11.8 Å². The monoisotopic (exact) mass is 399 g/mol. The van der Waals surface area contributed by atoms with E-state index in [1.807, 2.05) is 51.7 Å². The predicted molar refractivity (Wildman–Crippen MR) is 118 cm³/mol. The number of hydrogen-bond acceptors (Lipinski definition) is 4. The maximum Gasteiger partial charge on any atom is 0.410 e. The van der Waals surface area contributed by atoms with Crippen molar-refractivity contribution >= 4 is 11.8 Å². The quantitative estimate of drug-likeness (QED) is 0.664. The minimum Gasteiger partial charge on any atom is -0.444 e. The number of carbonyl (C=O) groups excluding carboxylic acids is 1. The zero-order chi connectivity index (χ0) is 21.4. The zero-order valence-corrected chi connectivity index (χ0v) is 18.8. The van der Waals surface area contributed by atoms with Crippen molar-refractivity contribution in [2.45, 2.75) is 65.9 Å². The third-order valence-corrected chi connectivity index (χ3v) is 5.76. The Morgan fingerprint density at radius 1 is 0.966 bits per heavy atom. The van der Waals surface area contributed by atoms with E-state index in [9.17, 15) is 4.79 Å². The molecule has 5 heteroatoms. The van der Waals surface area contributed by atoms with E-state index in [2.05, 4.69) is 23.1 Å². The van der Waals surface area contributed by atoms with Crippen LogP contribution in [0.15, 0.2) is 24.3 Å². The number of piperidine rings is 2. The van der Waals surface area contributed by atoms with Gasteiger partial charge in [-0.05, 0) is 82.6 Å². The van der Waals surface area contributed by atoms with E-state index in [4.69, 9.17) is 10.00 Å². The lowest BCUT2D eigenvalue weighted by molar-refractivity contribution is 0.0152. The van der Waals surface area contributed by atoms with Gasteiger partial charge in [0.15, 0.2) is 0 Å². The fourth-order valence-corrected chi connectivity index (χ4v) is 4.26. The number of anilines is 1. The molecule has 0 saturated carbocycles. The summed E-state index contributed by atoms with van der Waals surface area (Å²) in [6.07, 6.45) is 4.41. The van der Waals surface area contributed by atoms with Crippen molar-refractivity contribution in [2.75, 3.05) is 31.1 Å². The number of hydrogen-bond donors (Lipinski definition) is 0. The number of likely N-dealkylation sites (tertiary alicyclic amines) is 1. The third kappa shape index (κ3) is 6.66. The van der Waals surface area contributed by atoms with Crippen molar-refractivity contribution in [3.8, 4) is 6.07 Å². The lowest BCUT2D eigenvalue weighted by Gasteiger charge is -2.41. The zero-order valence-electron chi connectivity index (χ0n) is 18.8. The van der Waals surface area contributed by atoms with Gasteiger partial charge >= 0.3 is 6.09 Å². The van der Waals surface area contributed by atoms with Crippen LogP contribution in [0, 0.1) is 23.2 Å². The first-order chi connectivity index (χ1) is 13.9. The topological polar surface area (TPSA) is 56.6 Å². The van der Waals surface area contributed by atoms with Crippen molar-refractivity contribution in [3.63, 3.8) is 0 Å². The Labute approximate surface area is 176 Å². The second-order valence-corrected chi connectivity index (χ2v) is 8.79. The number of nitrogens with zero attached hydrogens (tertiary/aromatic N) is 3. The van der Waals surface area contributed by atoms with E-state index in [0.29, 0.717) is 11.5 Å². The Balaban J connectivity index is 0.00000145. The van der Waals surface area contributed by atoms with Crippen LogP contribution in [0.2, 0.25) is 0 Å². The fourth-order valence-electron chi connectivity index (χ4n) is 4.26. The molecule has 5 nitrogen and oxygen atoms in total. The predicted octanol–water partition coefficient (Wildman–Crippen LogP) is 5.45. The molecule has 1 aromatic rings. The Hall–Kier alpha value is -2.22. The summed E-state index contributed by atoms with van der Waals surface area (Å²) in [6, 6.07) is 10.1. The van der Waals surface area contributed by atoms with Gasteiger partial charge in [0.1, 0.15) is 5.60 Å². The molecule has 160 valence electrons. The second kappa shape index (κ2) is 10.5. The van der Waals surface area contributed by atoms with E-state index < -0.39 is 5.60 Å². The Morgan fingerprint density at radius 3 is 1.90 bits per heavy atom. The minimum atomic E-state index is -0.424. The highest BCUT2D eigenvalue weighted by Crippen LogP contribution is 2.34. The molecule has 0 radical (unpaired) electrons. The number of carbonyl (C=O) groups is 1. The summed E-state index contributed by atoms with van der Waals surface area (Å²) < 4.78 is 5.50. The average molecular weight is 400 g/mol. The van der Waals surface area contributed by atoms with Gasteiger partial charge in [-0.25, -0.2) is 4.79 Å². The van der Waals surface area contributed by atoms with Gasteiger partial charge in [0.05, 0.1) is 11.6 Å². The third-order valence-electron chi connectivity index (χ3n) is 5.76. The van der Waals surface area contributed by atoms with Crippen molar-refractivity contribution in [1.29, 1.82) is 5.26 Å². The molecule has 1 amide bonds. The van der Waals surface area contributed by atoms with Crippen molar-refractivity contribution in [1.82, 2.24) is 4.90 Å². The van der Waals surface area contributed by atoms with E-state index in [1.165, 1.54) is 18.5 Å². The van der Waals surface area contributed by atoms with Crippen molar-refractivity contribution in [3.05, 3.63) is 29.8 Å². The molecule has 0 aliphatic carbocycles. The van der Waals surface area contributed by atoms with Gasteiger partial charge in [-0.15, -0.1) is 0 Å². The number of ether oxygens (including phenoxy) is 1. The molecule has 2 saturated heterocycles. The van der Waals surface area contributed by atoms with Crippen LogP contribution < -0.4 is 4.90 Å². The molecule has 0 unspecified atom stereocenters. The van der Waals surface area contributed by atoms with Gasteiger partial charge in [0.25, 0.3) is 0 Å². The highest BCUT2D eigenvalue weighted by atomic mass is 16.6. The average Bonchev–Trinajstić information content (AvgIpc) is 2.74. The molecule has 2 aliphatic rings. The molecule has 1 aromatic carbocycles. The van der Waals surface area contributed by atoms with Gasteiger partial charge in [-0.2, -0.15) is 5.26 Å². The molecular weight excluding hydrogens is 362 g/mol. The molecule has 29 heavy (non-hydrogen) atoms. The Kier molecular flexibility index (Phi) is 8.37. The first kappa shape index (κ1) is 23.1. The number of amides is 1. The molecule has 0 bridgehead atoms. The van der Waals surface area contributed by atoms with Gasteiger partial charge in [-0.3, -0.25) is 0 Å². The Bertz CT molecular complexity index is 672. The molecule has 2 heterocycles. The molecule has 0 spiro atoms. The van der Waals surface area contributed by atoms with E-state index in [1.54, 1.807) is 0 Å². The standard InChI is InChI=1S/C22H31N3O2.C2H6/c1-22(2,3)27-21(26)25-14-10-19(11-15-25)18-8-12-24(13-9-18)20-6-4-17(16-23)5-7-20;1-2/h4-7,18-19H,8-15H2,1-3H3;1-2H3. The van der Waals surface area contributed by atoms with E-state index in [0.717, 1.165) is 44.9 Å². The SMILES string of the molecule is CC.CC(C)(C)OC(=O)N1CCC(C2CCN(c3ccc(C#N)cc3)CC2)CC1. The molecule has 0 N–H and O–H groups in total. The first-order valence-corrected chi connectivity index (χ1v) is 11.1. The summed E-state index contributed by atoms with van der Waals surface area (Å²) in [5, 5.41) is 8.93. The van der Waals surface area contributed by atoms with E-state index in [-0.39, 0.29) is 6.09 Å². The first-order valence-electron chi connectivity index (χ1n) is 11.1. The van der Waals surface area contributed by atoms with Crippen LogP contribution in [-0.4, -0.2) is 42.8 Å². The molecule has 0 aromatic heterocycles. The molecular formula is C24H37N3O2. The Morgan fingerprint density at radius 2 is 1.45 bits per heavy atom. The molecule has 2 fully saturated rings. The molecule has 0 atom stereocenters. The number of benzene rings is 1. The largest absolute Gasteiger partial charge is 0.444 e. The summed E-state index contributed by atoms with van der Waals surface area (Å²) >= 11 is 0. The van der Waals surface area contributed by atoms with Crippen LogP contribution in [-0.2, 0) is 4.74 Å². The van der Waals surface area contributed by atoms with Gasteiger partial charge in [0, 0.05) is 31.9 Å². The van der Waals surface area contributed by atoms with Crippen LogP contribution in [0.5, 0.6) is 0 Å². The van der Waals surface area contributed by atoms with Crippen LogP contribution in [0.25, 0.3) is 0 Å². The summed E-state index contributed by atoms with van der Waals surface area (Å²) in [5.74, 6) is 1.47. The number of nitriles is 1. The molecule has 3 rings (SSSR count). The van der Waals surface area contributed by atoms with Gasteiger partial charge in [0.2, 0.25) is 0 Å². The minimum absolute atomic E-state index is 0.170. The summed E-state index contributed by atoms with van der Waals surface area (Å²) in [5.41, 5.74) is 1.50. The fraction of sp³-hybridized carbons (Fsp3) is 0.667.